The van der Waals surface area contributed by atoms with Crippen molar-refractivity contribution in [1.82, 2.24) is 9.97 Å². The van der Waals surface area contributed by atoms with Crippen molar-refractivity contribution in [3.63, 3.8) is 0 Å². The molecule has 0 amide bonds. The maximum atomic E-state index is 11.9. The van der Waals surface area contributed by atoms with Gasteiger partial charge in [-0.3, -0.25) is 0 Å². The average molecular weight is 369 g/mol. The molecule has 0 unspecified atom stereocenters. The number of anilines is 4. The van der Waals surface area contributed by atoms with Gasteiger partial charge in [0.05, 0.1) is 18.4 Å². The fourth-order valence-electron chi connectivity index (χ4n) is 2.39. The number of para-hydroxylation sites is 1. The van der Waals surface area contributed by atoms with E-state index in [2.05, 4.69) is 20.6 Å². The van der Waals surface area contributed by atoms with E-state index >= 15 is 0 Å². The van der Waals surface area contributed by atoms with E-state index in [0.717, 1.165) is 11.3 Å². The number of hydrogen-bond donors (Lipinski definition) is 2. The fraction of sp³-hybridized carbons (Fsp3) is 0.105. The van der Waals surface area contributed by atoms with E-state index in [0.29, 0.717) is 28.0 Å². The van der Waals surface area contributed by atoms with Crippen LogP contribution in [0.1, 0.15) is 15.9 Å². The largest absolute Gasteiger partial charge is 0.465 e. The molecular weight excluding hydrogens is 352 g/mol. The van der Waals surface area contributed by atoms with Crippen molar-refractivity contribution in [2.24, 2.45) is 0 Å². The van der Waals surface area contributed by atoms with Crippen LogP contribution >= 0.6 is 11.6 Å². The third-order valence-electron chi connectivity index (χ3n) is 3.69. The van der Waals surface area contributed by atoms with Crippen molar-refractivity contribution in [2.45, 2.75) is 6.92 Å². The molecule has 0 saturated carbocycles. The van der Waals surface area contributed by atoms with Crippen molar-refractivity contribution >= 4 is 40.7 Å². The summed E-state index contributed by atoms with van der Waals surface area (Å²) in [5.41, 5.74) is 2.88. The lowest BCUT2D eigenvalue weighted by Gasteiger charge is -2.12. The standard InChI is InChI=1S/C19H17ClN4O2/c1-12-11-13(20)7-8-15(12)22-17-9-10-21-19(24-17)23-16-6-4-3-5-14(16)18(25)26-2/h3-11H,1-2H3,(H2,21,22,23,24). The molecule has 7 heteroatoms. The smallest absolute Gasteiger partial charge is 0.339 e. The minimum absolute atomic E-state index is 0.359. The van der Waals surface area contributed by atoms with E-state index in [9.17, 15) is 4.79 Å². The first-order valence-electron chi connectivity index (χ1n) is 7.87. The molecule has 0 atom stereocenters. The maximum Gasteiger partial charge on any atom is 0.339 e. The first-order valence-corrected chi connectivity index (χ1v) is 8.25. The molecule has 0 aliphatic carbocycles. The fourth-order valence-corrected chi connectivity index (χ4v) is 2.62. The molecule has 0 aliphatic rings. The van der Waals surface area contributed by atoms with E-state index in [1.165, 1.54) is 7.11 Å². The number of aromatic nitrogens is 2. The Labute approximate surface area is 156 Å². The lowest BCUT2D eigenvalue weighted by Crippen LogP contribution is -2.07. The van der Waals surface area contributed by atoms with Crippen molar-refractivity contribution in [3.05, 3.63) is 70.9 Å². The third-order valence-corrected chi connectivity index (χ3v) is 3.92. The number of ether oxygens (including phenoxy) is 1. The summed E-state index contributed by atoms with van der Waals surface area (Å²) in [5.74, 6) is 0.542. The highest BCUT2D eigenvalue weighted by Crippen LogP contribution is 2.24. The number of nitrogens with zero attached hydrogens (tertiary/aromatic N) is 2. The molecule has 6 nitrogen and oxygen atoms in total. The molecule has 1 heterocycles. The number of rotatable bonds is 5. The third kappa shape index (κ3) is 4.10. The Hall–Kier alpha value is -3.12. The van der Waals surface area contributed by atoms with Crippen molar-refractivity contribution in [3.8, 4) is 0 Å². The topological polar surface area (TPSA) is 76.1 Å². The summed E-state index contributed by atoms with van der Waals surface area (Å²) in [7, 11) is 1.34. The summed E-state index contributed by atoms with van der Waals surface area (Å²) in [6.07, 6.45) is 1.63. The molecule has 132 valence electrons. The van der Waals surface area contributed by atoms with E-state index in [1.54, 1.807) is 30.5 Å². The van der Waals surface area contributed by atoms with Crippen LogP contribution in [0.25, 0.3) is 0 Å². The maximum absolute atomic E-state index is 11.9. The Kier molecular flexibility index (Phi) is 5.34. The van der Waals surface area contributed by atoms with E-state index < -0.39 is 5.97 Å². The average Bonchev–Trinajstić information content (AvgIpc) is 2.64. The zero-order chi connectivity index (χ0) is 18.5. The second-order valence-corrected chi connectivity index (χ2v) is 5.95. The number of aryl methyl sites for hydroxylation is 1. The zero-order valence-corrected chi connectivity index (χ0v) is 15.0. The van der Waals surface area contributed by atoms with Gasteiger partial charge in [-0.25, -0.2) is 9.78 Å². The second-order valence-electron chi connectivity index (χ2n) is 5.51. The van der Waals surface area contributed by atoms with Crippen LogP contribution in [0.2, 0.25) is 5.02 Å². The molecular formula is C19H17ClN4O2. The number of methoxy groups -OCH3 is 1. The first kappa shape index (κ1) is 17.7. The predicted octanol–water partition coefficient (Wildman–Crippen LogP) is 4.71. The van der Waals surface area contributed by atoms with Gasteiger partial charge in [0.1, 0.15) is 5.82 Å². The van der Waals surface area contributed by atoms with Crippen LogP contribution in [-0.4, -0.2) is 23.0 Å². The normalized spacial score (nSPS) is 10.3. The molecule has 2 aromatic carbocycles. The van der Waals surface area contributed by atoms with Crippen molar-refractivity contribution < 1.29 is 9.53 Å². The highest BCUT2D eigenvalue weighted by Gasteiger charge is 2.12. The van der Waals surface area contributed by atoms with Gasteiger partial charge in [0.2, 0.25) is 5.95 Å². The minimum Gasteiger partial charge on any atom is -0.465 e. The van der Waals surface area contributed by atoms with Crippen LogP contribution < -0.4 is 10.6 Å². The number of esters is 1. The lowest BCUT2D eigenvalue weighted by atomic mass is 10.2. The lowest BCUT2D eigenvalue weighted by molar-refractivity contribution is 0.0602. The van der Waals surface area contributed by atoms with Crippen LogP contribution in [0.5, 0.6) is 0 Å². The van der Waals surface area contributed by atoms with Crippen molar-refractivity contribution in [1.29, 1.82) is 0 Å². The molecule has 0 radical (unpaired) electrons. The number of benzene rings is 2. The van der Waals surface area contributed by atoms with Gasteiger partial charge in [-0.15, -0.1) is 0 Å². The Bertz CT molecular complexity index is 946. The van der Waals surface area contributed by atoms with Gasteiger partial charge in [-0.1, -0.05) is 23.7 Å². The minimum atomic E-state index is -0.431. The Morgan fingerprint density at radius 1 is 1.08 bits per heavy atom. The second kappa shape index (κ2) is 7.84. The predicted molar refractivity (Wildman–Crippen MR) is 103 cm³/mol. The number of carbonyl (C=O) groups excluding carboxylic acids is 1. The van der Waals surface area contributed by atoms with Crippen LogP contribution in [0, 0.1) is 6.92 Å². The SMILES string of the molecule is COC(=O)c1ccccc1Nc1nccc(Nc2ccc(Cl)cc2C)n1. The summed E-state index contributed by atoms with van der Waals surface area (Å²) in [6.45, 7) is 1.96. The van der Waals surface area contributed by atoms with Gasteiger partial charge in [-0.05, 0) is 48.9 Å². The first-order chi connectivity index (χ1) is 12.6. The Morgan fingerprint density at radius 3 is 2.65 bits per heavy atom. The van der Waals surface area contributed by atoms with Crippen LogP contribution in [-0.2, 0) is 4.74 Å². The van der Waals surface area contributed by atoms with Crippen molar-refractivity contribution in [2.75, 3.05) is 17.7 Å². The molecule has 0 fully saturated rings. The molecule has 3 rings (SSSR count). The molecule has 2 N–H and O–H groups in total. The Morgan fingerprint density at radius 2 is 1.88 bits per heavy atom. The van der Waals surface area contributed by atoms with E-state index in [4.69, 9.17) is 16.3 Å². The molecule has 0 aliphatic heterocycles. The summed E-state index contributed by atoms with van der Waals surface area (Å²) in [6, 6.07) is 14.3. The van der Waals surface area contributed by atoms with Gasteiger partial charge < -0.3 is 15.4 Å². The number of nitrogens with one attached hydrogen (secondary N) is 2. The van der Waals surface area contributed by atoms with Crippen LogP contribution in [0.4, 0.5) is 23.1 Å². The number of carbonyl (C=O) groups is 1. The summed E-state index contributed by atoms with van der Waals surface area (Å²) in [5, 5.41) is 6.96. The van der Waals surface area contributed by atoms with E-state index in [-0.39, 0.29) is 0 Å². The molecule has 0 spiro atoms. The molecule has 0 saturated heterocycles. The molecule has 26 heavy (non-hydrogen) atoms. The van der Waals surface area contributed by atoms with Gasteiger partial charge in [0.15, 0.2) is 0 Å². The van der Waals surface area contributed by atoms with Crippen LogP contribution in [0.15, 0.2) is 54.7 Å². The summed E-state index contributed by atoms with van der Waals surface area (Å²) >= 11 is 5.99. The molecule has 0 bridgehead atoms. The highest BCUT2D eigenvalue weighted by molar-refractivity contribution is 6.30. The van der Waals surface area contributed by atoms with Gasteiger partial charge in [0.25, 0.3) is 0 Å². The van der Waals surface area contributed by atoms with Gasteiger partial charge >= 0.3 is 5.97 Å². The highest BCUT2D eigenvalue weighted by atomic mass is 35.5. The number of halogens is 1. The summed E-state index contributed by atoms with van der Waals surface area (Å²) in [4.78, 5) is 20.5. The quantitative estimate of drug-likeness (QED) is 0.635. The molecule has 3 aromatic rings. The Balaban J connectivity index is 1.83. The number of hydrogen-bond acceptors (Lipinski definition) is 6. The van der Waals surface area contributed by atoms with E-state index in [1.807, 2.05) is 31.2 Å². The zero-order valence-electron chi connectivity index (χ0n) is 14.3. The molecule has 1 aromatic heterocycles. The van der Waals surface area contributed by atoms with Crippen LogP contribution in [0.3, 0.4) is 0 Å². The van der Waals surface area contributed by atoms with Gasteiger partial charge in [-0.2, -0.15) is 4.98 Å². The monoisotopic (exact) mass is 368 g/mol. The summed E-state index contributed by atoms with van der Waals surface area (Å²) < 4.78 is 4.80. The van der Waals surface area contributed by atoms with Gasteiger partial charge in [0, 0.05) is 16.9 Å².